The molecule has 0 spiro atoms. The van der Waals surface area contributed by atoms with Crippen molar-refractivity contribution in [1.29, 1.82) is 0 Å². The van der Waals surface area contributed by atoms with Crippen LogP contribution in [0, 0.1) is 0 Å². The third kappa shape index (κ3) is 4.54. The first-order chi connectivity index (χ1) is 23.0. The van der Waals surface area contributed by atoms with E-state index in [0.29, 0.717) is 5.82 Å². The van der Waals surface area contributed by atoms with Crippen LogP contribution in [0.4, 0.5) is 0 Å². The lowest BCUT2D eigenvalue weighted by Crippen LogP contribution is -2.14. The maximum Gasteiger partial charge on any atom is 0.160 e. The largest absolute Gasteiger partial charge is 0.256 e. The minimum Gasteiger partial charge on any atom is -0.256 e. The highest BCUT2D eigenvalue weighted by molar-refractivity contribution is 6.10. The summed E-state index contributed by atoms with van der Waals surface area (Å²) in [6.07, 6.45) is 1.82. The summed E-state index contributed by atoms with van der Waals surface area (Å²) in [7, 11) is 0. The van der Waals surface area contributed by atoms with E-state index in [1.165, 1.54) is 43.8 Å². The van der Waals surface area contributed by atoms with Crippen molar-refractivity contribution in [1.82, 2.24) is 15.0 Å². The quantitative estimate of drug-likeness (QED) is 0.188. The summed E-state index contributed by atoms with van der Waals surface area (Å²) < 4.78 is 0. The maximum atomic E-state index is 5.13. The summed E-state index contributed by atoms with van der Waals surface area (Å²) in [6, 6.07) is 51.6. The van der Waals surface area contributed by atoms with Crippen LogP contribution in [0.15, 0.2) is 152 Å². The molecule has 0 aliphatic heterocycles. The Balaban J connectivity index is 1.16. The Kier molecular flexibility index (Phi) is 6.16. The second-order valence-electron chi connectivity index (χ2n) is 12.9. The average molecular weight is 602 g/mol. The van der Waals surface area contributed by atoms with Gasteiger partial charge in [0.25, 0.3) is 0 Å². The molecule has 1 aliphatic rings. The fourth-order valence-corrected chi connectivity index (χ4v) is 7.23. The third-order valence-electron chi connectivity index (χ3n) is 9.73. The van der Waals surface area contributed by atoms with Crippen LogP contribution in [-0.4, -0.2) is 15.0 Å². The molecule has 0 N–H and O–H groups in total. The Hall–Kier alpha value is -5.93. The lowest BCUT2D eigenvalue weighted by molar-refractivity contribution is 0.661. The topological polar surface area (TPSA) is 38.7 Å². The number of pyridine rings is 1. The van der Waals surface area contributed by atoms with Crippen LogP contribution in [-0.2, 0) is 5.41 Å². The number of rotatable bonds is 4. The first kappa shape index (κ1) is 27.4. The Morgan fingerprint density at radius 1 is 0.426 bits per heavy atom. The molecule has 0 saturated carbocycles. The van der Waals surface area contributed by atoms with Crippen molar-refractivity contribution in [3.8, 4) is 56.3 Å². The highest BCUT2D eigenvalue weighted by Crippen LogP contribution is 2.50. The third-order valence-corrected chi connectivity index (χ3v) is 9.73. The normalized spacial score (nSPS) is 13.1. The zero-order valence-corrected chi connectivity index (χ0v) is 26.3. The summed E-state index contributed by atoms with van der Waals surface area (Å²) in [4.78, 5) is 14.7. The van der Waals surface area contributed by atoms with E-state index in [4.69, 9.17) is 9.97 Å². The minimum atomic E-state index is -0.0415. The molecule has 0 fully saturated rings. The monoisotopic (exact) mass is 601 g/mol. The van der Waals surface area contributed by atoms with Crippen LogP contribution in [0.5, 0.6) is 0 Å². The first-order valence-electron chi connectivity index (χ1n) is 16.1. The van der Waals surface area contributed by atoms with Crippen molar-refractivity contribution in [2.75, 3.05) is 0 Å². The fourth-order valence-electron chi connectivity index (χ4n) is 7.23. The van der Waals surface area contributed by atoms with Gasteiger partial charge in [-0.3, -0.25) is 4.98 Å². The zero-order valence-electron chi connectivity index (χ0n) is 26.3. The van der Waals surface area contributed by atoms with E-state index in [1.807, 2.05) is 30.5 Å². The summed E-state index contributed by atoms with van der Waals surface area (Å²) in [5, 5.41) is 4.96. The number of hydrogen-bond donors (Lipinski definition) is 0. The van der Waals surface area contributed by atoms with Crippen molar-refractivity contribution in [2.24, 2.45) is 0 Å². The van der Waals surface area contributed by atoms with E-state index < -0.39 is 0 Å². The molecular formula is C44H31N3. The molecule has 9 rings (SSSR count). The van der Waals surface area contributed by atoms with Crippen LogP contribution in [0.3, 0.4) is 0 Å². The van der Waals surface area contributed by atoms with Gasteiger partial charge >= 0.3 is 0 Å². The van der Waals surface area contributed by atoms with Gasteiger partial charge in [-0.2, -0.15) is 0 Å². The predicted octanol–water partition coefficient (Wildman–Crippen LogP) is 11.2. The van der Waals surface area contributed by atoms with Gasteiger partial charge in [0, 0.05) is 33.9 Å². The molecule has 3 heteroatoms. The van der Waals surface area contributed by atoms with E-state index in [-0.39, 0.29) is 5.41 Å². The highest BCUT2D eigenvalue weighted by atomic mass is 14.9. The molecule has 0 saturated heterocycles. The average Bonchev–Trinajstić information content (AvgIpc) is 3.36. The van der Waals surface area contributed by atoms with Gasteiger partial charge in [-0.05, 0) is 80.2 Å². The molecule has 222 valence electrons. The Labute approximate surface area is 274 Å². The lowest BCUT2D eigenvalue weighted by atomic mass is 9.81. The second kappa shape index (κ2) is 10.6. The second-order valence-corrected chi connectivity index (χ2v) is 12.9. The van der Waals surface area contributed by atoms with Gasteiger partial charge in [0.15, 0.2) is 5.82 Å². The molecule has 0 atom stereocenters. The number of nitrogens with zero attached hydrogens (tertiary/aromatic N) is 3. The van der Waals surface area contributed by atoms with E-state index >= 15 is 0 Å². The molecule has 0 amide bonds. The van der Waals surface area contributed by atoms with Crippen LogP contribution in [0.25, 0.3) is 77.8 Å². The molecule has 47 heavy (non-hydrogen) atoms. The SMILES string of the molecule is CC1(C)c2ccccc2-c2cc3ccc4cc(-c5nc(-c6ccccc6)cc(-c6ccc(-c7ccccn7)cc6)n5)ccc4c3cc21. The smallest absolute Gasteiger partial charge is 0.160 e. The summed E-state index contributed by atoms with van der Waals surface area (Å²) >= 11 is 0. The van der Waals surface area contributed by atoms with Gasteiger partial charge in [-0.1, -0.05) is 123 Å². The van der Waals surface area contributed by atoms with E-state index in [0.717, 1.165) is 39.3 Å². The number of aromatic nitrogens is 3. The number of hydrogen-bond acceptors (Lipinski definition) is 3. The molecule has 8 aromatic rings. The molecule has 0 unspecified atom stereocenters. The van der Waals surface area contributed by atoms with E-state index in [1.54, 1.807) is 0 Å². The molecular weight excluding hydrogens is 571 g/mol. The highest BCUT2D eigenvalue weighted by Gasteiger charge is 2.35. The van der Waals surface area contributed by atoms with Crippen LogP contribution < -0.4 is 0 Å². The Bertz CT molecular complexity index is 2460. The van der Waals surface area contributed by atoms with Crippen molar-refractivity contribution in [3.63, 3.8) is 0 Å². The Morgan fingerprint density at radius 3 is 1.81 bits per heavy atom. The van der Waals surface area contributed by atoms with Crippen molar-refractivity contribution < 1.29 is 0 Å². The minimum absolute atomic E-state index is 0.0415. The van der Waals surface area contributed by atoms with Crippen LogP contribution in [0.2, 0.25) is 0 Å². The lowest BCUT2D eigenvalue weighted by Gasteiger charge is -2.22. The molecule has 1 aliphatic carbocycles. The first-order valence-corrected chi connectivity index (χ1v) is 16.1. The van der Waals surface area contributed by atoms with E-state index in [2.05, 4.69) is 140 Å². The van der Waals surface area contributed by atoms with Crippen LogP contribution in [0.1, 0.15) is 25.0 Å². The van der Waals surface area contributed by atoms with Crippen molar-refractivity contribution in [3.05, 3.63) is 163 Å². The summed E-state index contributed by atoms with van der Waals surface area (Å²) in [6.45, 7) is 4.68. The summed E-state index contributed by atoms with van der Waals surface area (Å²) in [5.41, 5.74) is 12.4. The standard InChI is InChI=1S/C44H31N3/c1-44(2)38-13-7-6-12-35(38)37-25-32-20-19-31-24-33(21-22-34(31)36(32)26-39(37)44)43-46-41(28-10-4-3-5-11-28)27-42(47-43)30-17-15-29(16-18-30)40-14-8-9-23-45-40/h3-27H,1-2H3. The maximum absolute atomic E-state index is 5.13. The Morgan fingerprint density at radius 2 is 1.06 bits per heavy atom. The van der Waals surface area contributed by atoms with Gasteiger partial charge in [0.1, 0.15) is 0 Å². The van der Waals surface area contributed by atoms with Gasteiger partial charge in [-0.15, -0.1) is 0 Å². The van der Waals surface area contributed by atoms with Gasteiger partial charge in [0.05, 0.1) is 17.1 Å². The molecule has 0 radical (unpaired) electrons. The summed E-state index contributed by atoms with van der Waals surface area (Å²) in [5.74, 6) is 0.711. The molecule has 3 nitrogen and oxygen atoms in total. The van der Waals surface area contributed by atoms with Crippen molar-refractivity contribution in [2.45, 2.75) is 19.3 Å². The van der Waals surface area contributed by atoms with Crippen molar-refractivity contribution >= 4 is 21.5 Å². The number of benzene rings is 6. The fraction of sp³-hybridized carbons (Fsp3) is 0.0682. The molecule has 2 heterocycles. The van der Waals surface area contributed by atoms with Crippen LogP contribution >= 0.6 is 0 Å². The van der Waals surface area contributed by atoms with Gasteiger partial charge in [-0.25, -0.2) is 9.97 Å². The predicted molar refractivity (Wildman–Crippen MR) is 194 cm³/mol. The molecule has 2 aromatic heterocycles. The number of fused-ring (bicyclic) bond motifs is 6. The van der Waals surface area contributed by atoms with Gasteiger partial charge in [0.2, 0.25) is 0 Å². The van der Waals surface area contributed by atoms with Gasteiger partial charge < -0.3 is 0 Å². The zero-order chi connectivity index (χ0) is 31.5. The molecule has 0 bridgehead atoms. The van der Waals surface area contributed by atoms with E-state index in [9.17, 15) is 0 Å². The molecule has 6 aromatic carbocycles.